The molecule has 2 aromatic carbocycles. The number of rotatable bonds is 7. The SMILES string of the molecule is C[C@@H]1N[P@](=O)(NCCN[P@@]2(=O)N[C@@H](C)[C@@H](c3ccccc3)O2)O[C@@H]1c1ccccc1. The van der Waals surface area contributed by atoms with Crippen molar-refractivity contribution in [1.29, 1.82) is 0 Å². The molecule has 0 unspecified atom stereocenters. The molecule has 2 aliphatic rings. The molecule has 2 aliphatic heterocycles. The molecule has 4 rings (SSSR count). The second-order valence-corrected chi connectivity index (χ2v) is 11.4. The average Bonchev–Trinajstić information content (AvgIpc) is 3.22. The third-order valence-electron chi connectivity index (χ3n) is 5.20. The fourth-order valence-electron chi connectivity index (χ4n) is 3.79. The summed E-state index contributed by atoms with van der Waals surface area (Å²) >= 11 is 0. The highest BCUT2D eigenvalue weighted by Gasteiger charge is 2.42. The second kappa shape index (κ2) is 9.03. The van der Waals surface area contributed by atoms with E-state index in [0.717, 1.165) is 11.1 Å². The highest BCUT2D eigenvalue weighted by atomic mass is 31.2. The molecule has 0 spiro atoms. The van der Waals surface area contributed by atoms with E-state index in [9.17, 15) is 9.13 Å². The van der Waals surface area contributed by atoms with Gasteiger partial charge in [0, 0.05) is 25.2 Å². The van der Waals surface area contributed by atoms with Crippen LogP contribution in [0, 0.1) is 0 Å². The van der Waals surface area contributed by atoms with Crippen LogP contribution in [0.1, 0.15) is 37.2 Å². The second-order valence-electron chi connectivity index (χ2n) is 7.63. The van der Waals surface area contributed by atoms with Crippen molar-refractivity contribution in [2.75, 3.05) is 13.1 Å². The zero-order chi connectivity index (χ0) is 21.2. The Labute approximate surface area is 177 Å². The van der Waals surface area contributed by atoms with E-state index in [4.69, 9.17) is 9.05 Å². The van der Waals surface area contributed by atoms with Crippen LogP contribution in [0.25, 0.3) is 0 Å². The van der Waals surface area contributed by atoms with Gasteiger partial charge in [0.2, 0.25) is 0 Å². The topological polar surface area (TPSA) is 101 Å². The smallest absolute Gasteiger partial charge is 0.296 e. The lowest BCUT2D eigenvalue weighted by Gasteiger charge is -2.17. The van der Waals surface area contributed by atoms with Crippen molar-refractivity contribution >= 4 is 15.3 Å². The summed E-state index contributed by atoms with van der Waals surface area (Å²) in [4.78, 5) is 0. The van der Waals surface area contributed by atoms with Crippen molar-refractivity contribution in [3.05, 3.63) is 71.8 Å². The van der Waals surface area contributed by atoms with Crippen molar-refractivity contribution in [2.45, 2.75) is 38.1 Å². The summed E-state index contributed by atoms with van der Waals surface area (Å²) < 4.78 is 37.6. The number of benzene rings is 2. The Hall–Kier alpha value is -1.34. The summed E-state index contributed by atoms with van der Waals surface area (Å²) in [6, 6.07) is 19.2. The molecule has 0 aliphatic carbocycles. The van der Waals surface area contributed by atoms with Crippen molar-refractivity contribution in [2.24, 2.45) is 0 Å². The van der Waals surface area contributed by atoms with E-state index in [1.54, 1.807) is 0 Å². The lowest BCUT2D eigenvalue weighted by Crippen LogP contribution is -2.30. The fraction of sp³-hybridized carbons (Fsp3) is 0.400. The Morgan fingerprint density at radius 3 is 1.47 bits per heavy atom. The normalized spacial score (nSPS) is 36.2. The lowest BCUT2D eigenvalue weighted by molar-refractivity contribution is 0.217. The first kappa shape index (κ1) is 21.9. The summed E-state index contributed by atoms with van der Waals surface area (Å²) in [5, 5.41) is 11.9. The molecule has 0 amide bonds. The summed E-state index contributed by atoms with van der Waals surface area (Å²) in [5.74, 6) is 0. The van der Waals surface area contributed by atoms with Crippen LogP contribution >= 0.6 is 15.3 Å². The Kier molecular flexibility index (Phi) is 6.58. The van der Waals surface area contributed by atoms with Gasteiger partial charge in [-0.2, -0.15) is 0 Å². The number of hydrogen-bond acceptors (Lipinski definition) is 4. The van der Waals surface area contributed by atoms with Gasteiger partial charge < -0.3 is 0 Å². The van der Waals surface area contributed by atoms with E-state index < -0.39 is 15.3 Å². The molecule has 10 heteroatoms. The van der Waals surface area contributed by atoms with Gasteiger partial charge >= 0.3 is 15.3 Å². The van der Waals surface area contributed by atoms with Crippen LogP contribution in [0.2, 0.25) is 0 Å². The van der Waals surface area contributed by atoms with Gasteiger partial charge in [0.05, 0.1) is 0 Å². The Bertz CT molecular complexity index is 869. The van der Waals surface area contributed by atoms with Crippen LogP contribution in [-0.4, -0.2) is 25.2 Å². The molecule has 2 heterocycles. The third kappa shape index (κ3) is 4.93. The van der Waals surface area contributed by atoms with E-state index in [1.165, 1.54) is 0 Å². The molecular weight excluding hydrogens is 422 g/mol. The van der Waals surface area contributed by atoms with Gasteiger partial charge in [0.1, 0.15) is 12.2 Å². The van der Waals surface area contributed by atoms with Gasteiger partial charge in [-0.15, -0.1) is 0 Å². The summed E-state index contributed by atoms with van der Waals surface area (Å²) in [5.41, 5.74) is 1.95. The van der Waals surface area contributed by atoms with Crippen molar-refractivity contribution in [3.63, 3.8) is 0 Å². The highest BCUT2D eigenvalue weighted by Crippen LogP contribution is 2.52. The predicted molar refractivity (Wildman–Crippen MR) is 117 cm³/mol. The van der Waals surface area contributed by atoms with Gasteiger partial charge in [-0.05, 0) is 25.0 Å². The monoisotopic (exact) mass is 450 g/mol. The zero-order valence-electron chi connectivity index (χ0n) is 17.0. The molecule has 4 N–H and O–H groups in total. The van der Waals surface area contributed by atoms with Crippen LogP contribution in [-0.2, 0) is 18.2 Å². The highest BCUT2D eigenvalue weighted by molar-refractivity contribution is 7.55. The summed E-state index contributed by atoms with van der Waals surface area (Å²) in [7, 11) is -6.39. The van der Waals surface area contributed by atoms with E-state index in [1.807, 2.05) is 74.5 Å². The van der Waals surface area contributed by atoms with E-state index in [0.29, 0.717) is 13.1 Å². The maximum atomic E-state index is 13.0. The summed E-state index contributed by atoms with van der Waals surface area (Å²) in [6.45, 7) is 4.49. The maximum Gasteiger partial charge on any atom is 0.341 e. The van der Waals surface area contributed by atoms with Crippen LogP contribution in [0.4, 0.5) is 0 Å². The summed E-state index contributed by atoms with van der Waals surface area (Å²) in [6.07, 6.45) is -0.577. The van der Waals surface area contributed by atoms with Gasteiger partial charge in [-0.3, -0.25) is 18.2 Å². The molecule has 0 aromatic heterocycles. The molecule has 2 aromatic rings. The first-order valence-corrected chi connectivity index (χ1v) is 13.4. The van der Waals surface area contributed by atoms with Gasteiger partial charge in [0.15, 0.2) is 0 Å². The maximum absolute atomic E-state index is 13.0. The molecule has 30 heavy (non-hydrogen) atoms. The quantitative estimate of drug-likeness (QED) is 0.373. The predicted octanol–water partition coefficient (Wildman–Crippen LogP) is 3.88. The van der Waals surface area contributed by atoms with Crippen LogP contribution in [0.5, 0.6) is 0 Å². The van der Waals surface area contributed by atoms with Crippen molar-refractivity contribution in [1.82, 2.24) is 20.3 Å². The molecule has 0 saturated carbocycles. The van der Waals surface area contributed by atoms with E-state index in [-0.39, 0.29) is 24.3 Å². The molecule has 0 bridgehead atoms. The Morgan fingerprint density at radius 2 is 1.10 bits per heavy atom. The Balaban J connectivity index is 1.28. The lowest BCUT2D eigenvalue weighted by atomic mass is 10.0. The molecule has 6 atom stereocenters. The van der Waals surface area contributed by atoms with E-state index in [2.05, 4.69) is 20.3 Å². The van der Waals surface area contributed by atoms with Gasteiger partial charge in [0.25, 0.3) is 0 Å². The minimum Gasteiger partial charge on any atom is -0.296 e. The molecular formula is C20H28N4O4P2. The third-order valence-corrected chi connectivity index (χ3v) is 9.02. The zero-order valence-corrected chi connectivity index (χ0v) is 18.8. The van der Waals surface area contributed by atoms with Crippen molar-refractivity contribution in [3.8, 4) is 0 Å². The molecule has 2 saturated heterocycles. The van der Waals surface area contributed by atoms with Gasteiger partial charge in [-0.25, -0.2) is 20.3 Å². The fourth-order valence-corrected chi connectivity index (χ4v) is 7.65. The first-order valence-electron chi connectivity index (χ1n) is 10.1. The first-order chi connectivity index (χ1) is 14.4. The van der Waals surface area contributed by atoms with E-state index >= 15 is 0 Å². The minimum absolute atomic E-state index is 0.0932. The number of nitrogens with one attached hydrogen (secondary N) is 4. The van der Waals surface area contributed by atoms with Crippen LogP contribution in [0.15, 0.2) is 60.7 Å². The number of hydrogen-bond donors (Lipinski definition) is 4. The van der Waals surface area contributed by atoms with Crippen molar-refractivity contribution < 1.29 is 18.2 Å². The molecule has 162 valence electrons. The van der Waals surface area contributed by atoms with Crippen LogP contribution in [0.3, 0.4) is 0 Å². The molecule has 8 nitrogen and oxygen atoms in total. The minimum atomic E-state index is -3.19. The average molecular weight is 450 g/mol. The molecule has 2 fully saturated rings. The Morgan fingerprint density at radius 1 is 0.733 bits per heavy atom. The van der Waals surface area contributed by atoms with Crippen LogP contribution < -0.4 is 20.3 Å². The molecule has 0 radical (unpaired) electrons. The largest absolute Gasteiger partial charge is 0.341 e. The standard InChI is InChI=1S/C20H28N4O4P2/c1-15-19(17-9-5-3-6-10-17)27-29(25,23-15)21-13-14-22-30(26)24-16(2)20(28-30)18-11-7-4-8-12-18/h3-12,15-16,19-20H,13-14H2,1-2H3,(H2,21,23,25)(H2,22,24,26)/t15-,16-,19-,20-,29-,30-/m0/s1. The van der Waals surface area contributed by atoms with Gasteiger partial charge in [-0.1, -0.05) is 60.7 Å².